The van der Waals surface area contributed by atoms with Crippen molar-refractivity contribution in [2.24, 2.45) is 11.1 Å². The van der Waals surface area contributed by atoms with Crippen LogP contribution in [-0.4, -0.2) is 29.6 Å². The average molecular weight is 655 g/mol. The number of nitrogens with two attached hydrogens (primary N) is 1. The van der Waals surface area contributed by atoms with Gasteiger partial charge < -0.3 is 10.5 Å². The number of hydrogen-bond acceptors (Lipinski definition) is 3. The Morgan fingerprint density at radius 3 is 2.16 bits per heavy atom. The van der Waals surface area contributed by atoms with Crippen molar-refractivity contribution in [2.75, 3.05) is 0 Å². The summed E-state index contributed by atoms with van der Waals surface area (Å²) in [7, 11) is 0. The third-order valence-corrected chi connectivity index (χ3v) is 7.08. The van der Waals surface area contributed by atoms with Crippen molar-refractivity contribution in [2.45, 2.75) is 77.5 Å². The summed E-state index contributed by atoms with van der Waals surface area (Å²) in [6, 6.07) is 6.07. The first kappa shape index (κ1) is 38.6. The molecule has 1 fully saturated rings. The van der Waals surface area contributed by atoms with Gasteiger partial charge in [0.2, 0.25) is 5.91 Å². The number of primary amides is 1. The second-order valence-corrected chi connectivity index (χ2v) is 10.2. The highest BCUT2D eigenvalue weighted by Gasteiger charge is 2.62. The molecule has 0 unspecified atom stereocenters. The van der Waals surface area contributed by atoms with Gasteiger partial charge in [0.05, 0.1) is 10.7 Å². The minimum atomic E-state index is -4.77. The lowest BCUT2D eigenvalue weighted by Gasteiger charge is -2.39. The minimum absolute atomic E-state index is 0.147. The Morgan fingerprint density at radius 1 is 1.16 bits per heavy atom. The summed E-state index contributed by atoms with van der Waals surface area (Å²) < 4.78 is 107. The highest BCUT2D eigenvalue weighted by atomic mass is 35.5. The molecule has 2 aromatic rings. The molecule has 44 heavy (non-hydrogen) atoms. The van der Waals surface area contributed by atoms with Crippen LogP contribution in [0.4, 0.5) is 35.1 Å². The Balaban J connectivity index is 0.000000620. The van der Waals surface area contributed by atoms with E-state index in [-0.39, 0.29) is 24.8 Å². The highest BCUT2D eigenvalue weighted by molar-refractivity contribution is 6.30. The van der Waals surface area contributed by atoms with Crippen LogP contribution in [0.1, 0.15) is 64.6 Å². The predicted molar refractivity (Wildman–Crippen MR) is 154 cm³/mol. The summed E-state index contributed by atoms with van der Waals surface area (Å²) in [5, 5.41) is 0.374. The van der Waals surface area contributed by atoms with Crippen molar-refractivity contribution >= 4 is 17.5 Å². The van der Waals surface area contributed by atoms with Gasteiger partial charge in [-0.3, -0.25) is 9.78 Å². The summed E-state index contributed by atoms with van der Waals surface area (Å²) >= 11 is 5.93. The van der Waals surface area contributed by atoms with E-state index in [2.05, 4.69) is 22.0 Å². The van der Waals surface area contributed by atoms with E-state index in [4.69, 9.17) is 11.6 Å². The molecule has 0 saturated heterocycles. The molecule has 1 aromatic heterocycles. The van der Waals surface area contributed by atoms with Crippen molar-refractivity contribution in [1.29, 1.82) is 0 Å². The van der Waals surface area contributed by atoms with Crippen molar-refractivity contribution in [3.05, 3.63) is 95.1 Å². The van der Waals surface area contributed by atoms with Gasteiger partial charge in [-0.25, -0.2) is 4.39 Å². The molecule has 13 heteroatoms. The van der Waals surface area contributed by atoms with Crippen LogP contribution in [0.15, 0.2) is 73.0 Å². The van der Waals surface area contributed by atoms with E-state index < -0.39 is 47.0 Å². The molecule has 244 valence electrons. The van der Waals surface area contributed by atoms with E-state index in [1.54, 1.807) is 37.3 Å². The zero-order valence-electron chi connectivity index (χ0n) is 24.6. The number of alkyl halides is 7. The van der Waals surface area contributed by atoms with Gasteiger partial charge in [0.25, 0.3) is 0 Å². The number of rotatable bonds is 10. The largest absolute Gasteiger partial charge is 0.461 e. The topological polar surface area (TPSA) is 65.2 Å². The van der Waals surface area contributed by atoms with E-state index in [9.17, 15) is 39.9 Å². The molecular formula is C31H35ClF8N2O2. The number of allylic oxidation sites excluding steroid dienone is 5. The molecule has 0 radical (unpaired) electrons. The Labute approximate surface area is 256 Å². The van der Waals surface area contributed by atoms with Gasteiger partial charge in [0.15, 0.2) is 0 Å². The standard InChI is InChI=1S/C23H21ClF5NO.C6H8F3NO.C2H6/c1-4-6-7-15(5-2)13-22(3,20-9-8-17(24)14-30-20)16-10-18(25)12-19(11-16)31-23(28,29)21(26)27;7-6(8,9)5(4(10)11)2-1-3-5;1-2/h4-12,14,21H,2,13H2,1,3H3;1-3H2,(H2,10,11);1-2H3/b6-4-,15-7+;;/t22-;;/m1../s1. The zero-order chi connectivity index (χ0) is 33.9. The number of nitrogens with zero attached hydrogens (tertiary/aromatic N) is 1. The summed E-state index contributed by atoms with van der Waals surface area (Å²) in [4.78, 5) is 14.8. The van der Waals surface area contributed by atoms with Crippen LogP contribution in [0, 0.1) is 11.2 Å². The van der Waals surface area contributed by atoms with Crippen LogP contribution >= 0.6 is 11.6 Å². The second kappa shape index (κ2) is 16.1. The molecule has 0 spiro atoms. The summed E-state index contributed by atoms with van der Waals surface area (Å²) in [6.07, 6.45) is -4.50. The van der Waals surface area contributed by atoms with Gasteiger partial charge in [-0.1, -0.05) is 62.8 Å². The second-order valence-electron chi connectivity index (χ2n) is 9.78. The van der Waals surface area contributed by atoms with Crippen molar-refractivity contribution < 1.29 is 44.7 Å². The molecule has 3 rings (SSSR count). The Kier molecular flexibility index (Phi) is 14.1. The normalized spacial score (nSPS) is 16.1. The maximum absolute atomic E-state index is 14.3. The maximum Gasteiger partial charge on any atom is 0.461 e. The third kappa shape index (κ3) is 9.54. The number of carbonyl (C=O) groups is 1. The number of hydrogen-bond donors (Lipinski definition) is 1. The zero-order valence-corrected chi connectivity index (χ0v) is 25.4. The fraction of sp³-hybridized carbons (Fsp3) is 0.419. The Morgan fingerprint density at radius 2 is 1.77 bits per heavy atom. The predicted octanol–water partition coefficient (Wildman–Crippen LogP) is 9.73. The fourth-order valence-electron chi connectivity index (χ4n) is 4.21. The first-order valence-corrected chi connectivity index (χ1v) is 13.9. The lowest BCUT2D eigenvalue weighted by Crippen LogP contribution is -2.53. The molecule has 0 aliphatic heterocycles. The summed E-state index contributed by atoms with van der Waals surface area (Å²) in [5.41, 5.74) is 2.83. The molecule has 1 aliphatic rings. The van der Waals surface area contributed by atoms with Crippen LogP contribution in [-0.2, 0) is 10.2 Å². The SMILES string of the molecule is C=C/C(=C\C=C/C)C[C@](C)(c1cc(F)cc(OC(F)(F)C(F)F)c1)c1ccc(Cl)cn1.CC.NC(=O)C1(C(F)(F)F)CCC1. The monoisotopic (exact) mass is 654 g/mol. The third-order valence-electron chi connectivity index (χ3n) is 6.85. The van der Waals surface area contributed by atoms with Crippen LogP contribution < -0.4 is 10.5 Å². The quantitative estimate of drug-likeness (QED) is 0.205. The summed E-state index contributed by atoms with van der Waals surface area (Å²) in [6.45, 7) is 11.3. The number of benzene rings is 1. The molecule has 1 atom stereocenters. The van der Waals surface area contributed by atoms with Gasteiger partial charge in [0, 0.05) is 17.7 Å². The lowest BCUT2D eigenvalue weighted by molar-refractivity contribution is -0.253. The number of pyridine rings is 1. The van der Waals surface area contributed by atoms with E-state index in [1.165, 1.54) is 6.20 Å². The van der Waals surface area contributed by atoms with Gasteiger partial charge in [0.1, 0.15) is 17.0 Å². The van der Waals surface area contributed by atoms with E-state index in [1.807, 2.05) is 26.8 Å². The van der Waals surface area contributed by atoms with Crippen molar-refractivity contribution in [3.8, 4) is 5.75 Å². The smallest absolute Gasteiger partial charge is 0.428 e. The molecule has 1 aliphatic carbocycles. The van der Waals surface area contributed by atoms with Crippen molar-refractivity contribution in [1.82, 2.24) is 4.98 Å². The highest BCUT2D eigenvalue weighted by Crippen LogP contribution is 2.52. The molecule has 4 nitrogen and oxygen atoms in total. The Bertz CT molecular complexity index is 1310. The van der Waals surface area contributed by atoms with E-state index in [0.717, 1.165) is 17.7 Å². The molecule has 1 heterocycles. The van der Waals surface area contributed by atoms with Gasteiger partial charge in [-0.2, -0.15) is 30.7 Å². The molecular weight excluding hydrogens is 620 g/mol. The molecule has 0 bridgehead atoms. The van der Waals surface area contributed by atoms with Crippen LogP contribution in [0.2, 0.25) is 5.02 Å². The van der Waals surface area contributed by atoms with Gasteiger partial charge in [-0.15, -0.1) is 0 Å². The molecule has 2 N–H and O–H groups in total. The van der Waals surface area contributed by atoms with Gasteiger partial charge >= 0.3 is 18.7 Å². The average Bonchev–Trinajstić information content (AvgIpc) is 2.90. The minimum Gasteiger partial charge on any atom is -0.428 e. The number of halogens is 9. The van der Waals surface area contributed by atoms with E-state index >= 15 is 0 Å². The Hall–Kier alpha value is -3.41. The molecule has 1 aromatic carbocycles. The van der Waals surface area contributed by atoms with Crippen LogP contribution in [0.3, 0.4) is 0 Å². The number of carbonyl (C=O) groups excluding carboxylic acids is 1. The number of amides is 1. The van der Waals surface area contributed by atoms with E-state index in [0.29, 0.717) is 23.2 Å². The molecule has 1 amide bonds. The maximum atomic E-state index is 14.3. The van der Waals surface area contributed by atoms with Crippen LogP contribution in [0.25, 0.3) is 0 Å². The first-order valence-electron chi connectivity index (χ1n) is 13.5. The van der Waals surface area contributed by atoms with Crippen LogP contribution in [0.5, 0.6) is 5.75 Å². The summed E-state index contributed by atoms with van der Waals surface area (Å²) in [5.74, 6) is -2.88. The number of ether oxygens (including phenoxy) is 1. The number of aromatic nitrogens is 1. The van der Waals surface area contributed by atoms with Gasteiger partial charge in [-0.05, 0) is 68.5 Å². The lowest BCUT2D eigenvalue weighted by atomic mass is 9.67. The fourth-order valence-corrected chi connectivity index (χ4v) is 4.32. The van der Waals surface area contributed by atoms with Crippen molar-refractivity contribution in [3.63, 3.8) is 0 Å². The first-order chi connectivity index (χ1) is 20.4. The molecule has 1 saturated carbocycles.